The molecule has 0 radical (unpaired) electrons. The lowest BCUT2D eigenvalue weighted by Crippen LogP contribution is -2.01. The van der Waals surface area contributed by atoms with Crippen molar-refractivity contribution < 1.29 is 9.32 Å². The summed E-state index contributed by atoms with van der Waals surface area (Å²) in [4.78, 5) is 1.37. The quantitative estimate of drug-likeness (QED) is 0.861. The number of aliphatic hydroxyl groups is 1. The highest BCUT2D eigenvalue weighted by Gasteiger charge is 2.13. The topological polar surface area (TPSA) is 37.3 Å². The predicted molar refractivity (Wildman–Crippen MR) is 72.3 cm³/mol. The number of hydrogen-bond acceptors (Lipinski definition) is 2. The molecule has 0 fully saturated rings. The van der Waals surface area contributed by atoms with Gasteiger partial charge in [0.15, 0.2) is 0 Å². The van der Waals surface area contributed by atoms with E-state index in [1.54, 1.807) is 0 Å². The van der Waals surface area contributed by atoms with Crippen molar-refractivity contribution in [2.24, 2.45) is 0 Å². The van der Waals surface area contributed by atoms with Crippen molar-refractivity contribution in [3.05, 3.63) is 40.3 Å². The van der Waals surface area contributed by atoms with Crippen LogP contribution >= 0.6 is 11.6 Å². The van der Waals surface area contributed by atoms with Crippen LogP contribution in [0.4, 0.5) is 0 Å². The van der Waals surface area contributed by atoms with Gasteiger partial charge in [-0.05, 0) is 25.0 Å². The van der Waals surface area contributed by atoms with E-state index in [1.807, 2.05) is 30.3 Å². The first-order chi connectivity index (χ1) is 8.20. The van der Waals surface area contributed by atoms with Gasteiger partial charge < -0.3 is 5.11 Å². The Bertz CT molecular complexity index is 401. The number of allylic oxidation sites excluding steroid dienone is 1. The van der Waals surface area contributed by atoms with Crippen molar-refractivity contribution in [2.45, 2.75) is 31.1 Å². The second-order valence-corrected chi connectivity index (χ2v) is 5.63. The maximum Gasteiger partial charge on any atom is 0.0820 e. The SMILES string of the molecule is CCCC/C(=C(\Cl)CO)S(=O)c1ccccc1. The third kappa shape index (κ3) is 4.26. The molecule has 0 aliphatic carbocycles. The first-order valence-electron chi connectivity index (χ1n) is 5.66. The molecule has 0 aliphatic heterocycles. The molecule has 17 heavy (non-hydrogen) atoms. The molecule has 0 heterocycles. The molecule has 1 aromatic carbocycles. The van der Waals surface area contributed by atoms with Crippen LogP contribution in [0.5, 0.6) is 0 Å². The molecule has 2 nitrogen and oxygen atoms in total. The van der Waals surface area contributed by atoms with E-state index in [2.05, 4.69) is 6.92 Å². The molecule has 4 heteroatoms. The highest BCUT2D eigenvalue weighted by atomic mass is 35.5. The van der Waals surface area contributed by atoms with E-state index in [0.29, 0.717) is 16.4 Å². The van der Waals surface area contributed by atoms with Gasteiger partial charge in [-0.15, -0.1) is 0 Å². The summed E-state index contributed by atoms with van der Waals surface area (Å²) in [6.07, 6.45) is 2.59. The van der Waals surface area contributed by atoms with Crippen LogP contribution in [0, 0.1) is 0 Å². The molecule has 1 N–H and O–H groups in total. The second kappa shape index (κ2) is 7.64. The Labute approximate surface area is 110 Å². The highest BCUT2D eigenvalue weighted by Crippen LogP contribution is 2.24. The van der Waals surface area contributed by atoms with Crippen molar-refractivity contribution in [2.75, 3.05) is 6.61 Å². The number of aliphatic hydroxyl groups excluding tert-OH is 1. The largest absolute Gasteiger partial charge is 0.391 e. The zero-order valence-corrected chi connectivity index (χ0v) is 11.4. The van der Waals surface area contributed by atoms with Gasteiger partial charge in [0.1, 0.15) is 0 Å². The monoisotopic (exact) mass is 272 g/mol. The van der Waals surface area contributed by atoms with Gasteiger partial charge in [0.05, 0.1) is 22.4 Å². The molecule has 94 valence electrons. The summed E-state index contributed by atoms with van der Waals surface area (Å²) < 4.78 is 12.3. The van der Waals surface area contributed by atoms with E-state index in [-0.39, 0.29) is 6.61 Å². The number of benzene rings is 1. The van der Waals surface area contributed by atoms with Crippen LogP contribution in [-0.4, -0.2) is 15.9 Å². The first kappa shape index (κ1) is 14.4. The van der Waals surface area contributed by atoms with E-state index in [1.165, 1.54) is 0 Å². The van der Waals surface area contributed by atoms with Gasteiger partial charge in [0, 0.05) is 9.80 Å². The fourth-order valence-electron chi connectivity index (χ4n) is 1.44. The minimum atomic E-state index is -1.26. The van der Waals surface area contributed by atoms with Gasteiger partial charge in [-0.3, -0.25) is 0 Å². The molecule has 0 aromatic heterocycles. The Morgan fingerprint density at radius 2 is 2.00 bits per heavy atom. The summed E-state index contributed by atoms with van der Waals surface area (Å²) in [6, 6.07) is 9.19. The Kier molecular flexibility index (Phi) is 6.48. The Balaban J connectivity index is 2.96. The first-order valence-corrected chi connectivity index (χ1v) is 7.18. The van der Waals surface area contributed by atoms with Gasteiger partial charge in [-0.25, -0.2) is 4.21 Å². The molecule has 0 aliphatic rings. The number of rotatable bonds is 6. The van der Waals surface area contributed by atoms with Crippen LogP contribution in [0.3, 0.4) is 0 Å². The molecule has 0 bridgehead atoms. The van der Waals surface area contributed by atoms with Crippen LogP contribution < -0.4 is 0 Å². The summed E-state index contributed by atoms with van der Waals surface area (Å²) in [6.45, 7) is 1.81. The molecule has 1 rings (SSSR count). The Morgan fingerprint density at radius 1 is 1.35 bits per heavy atom. The zero-order chi connectivity index (χ0) is 12.7. The van der Waals surface area contributed by atoms with E-state index >= 15 is 0 Å². The second-order valence-electron chi connectivity index (χ2n) is 3.67. The average molecular weight is 273 g/mol. The van der Waals surface area contributed by atoms with Crippen LogP contribution in [0.25, 0.3) is 0 Å². The number of halogens is 1. The van der Waals surface area contributed by atoms with E-state index in [9.17, 15) is 4.21 Å². The van der Waals surface area contributed by atoms with Crippen LogP contribution in [-0.2, 0) is 10.8 Å². The van der Waals surface area contributed by atoms with E-state index < -0.39 is 10.8 Å². The van der Waals surface area contributed by atoms with Crippen LogP contribution in [0.2, 0.25) is 0 Å². The molecule has 0 amide bonds. The summed E-state index contributed by atoms with van der Waals surface area (Å²) in [5.41, 5.74) is 0. The molecule has 1 atom stereocenters. The van der Waals surface area contributed by atoms with E-state index in [4.69, 9.17) is 16.7 Å². The van der Waals surface area contributed by atoms with Crippen molar-refractivity contribution in [3.8, 4) is 0 Å². The summed E-state index contributed by atoms with van der Waals surface area (Å²) >= 11 is 5.95. The lowest BCUT2D eigenvalue weighted by atomic mass is 10.2. The minimum absolute atomic E-state index is 0.251. The molecule has 1 aromatic rings. The minimum Gasteiger partial charge on any atom is -0.391 e. The summed E-state index contributed by atoms with van der Waals surface area (Å²) in [5, 5.41) is 9.38. The van der Waals surface area contributed by atoms with Crippen LogP contribution in [0.1, 0.15) is 26.2 Å². The molecule has 0 saturated carbocycles. The Hall–Kier alpha value is -0.640. The van der Waals surface area contributed by atoms with Gasteiger partial charge >= 0.3 is 0 Å². The Morgan fingerprint density at radius 3 is 2.53 bits per heavy atom. The summed E-state index contributed by atoms with van der Waals surface area (Å²) in [5.74, 6) is 0. The van der Waals surface area contributed by atoms with Gasteiger partial charge in [-0.2, -0.15) is 0 Å². The van der Waals surface area contributed by atoms with Crippen molar-refractivity contribution in [1.29, 1.82) is 0 Å². The maximum absolute atomic E-state index is 12.3. The van der Waals surface area contributed by atoms with Gasteiger partial charge in [-0.1, -0.05) is 43.1 Å². The van der Waals surface area contributed by atoms with E-state index in [0.717, 1.165) is 17.7 Å². The van der Waals surface area contributed by atoms with Crippen LogP contribution in [0.15, 0.2) is 45.2 Å². The van der Waals surface area contributed by atoms with Gasteiger partial charge in [0.25, 0.3) is 0 Å². The lowest BCUT2D eigenvalue weighted by molar-refractivity contribution is 0.338. The molecular formula is C13H17ClO2S. The smallest absolute Gasteiger partial charge is 0.0820 e. The predicted octanol–water partition coefficient (Wildman–Crippen LogP) is 3.43. The average Bonchev–Trinajstić information content (AvgIpc) is 2.39. The standard InChI is InChI=1S/C13H17ClO2S/c1-2-3-9-13(12(14)10-15)17(16)11-7-5-4-6-8-11/h4-8,15H,2-3,9-10H2,1H3/b13-12+. The molecule has 0 saturated heterocycles. The van der Waals surface area contributed by atoms with Crippen molar-refractivity contribution in [3.63, 3.8) is 0 Å². The maximum atomic E-state index is 12.3. The van der Waals surface area contributed by atoms with Gasteiger partial charge in [0.2, 0.25) is 0 Å². The summed E-state index contributed by atoms with van der Waals surface area (Å²) in [7, 11) is -1.26. The number of unbranched alkanes of at least 4 members (excludes halogenated alkanes) is 1. The van der Waals surface area contributed by atoms with Crippen molar-refractivity contribution in [1.82, 2.24) is 0 Å². The normalized spacial score (nSPS) is 14.3. The number of hydrogen-bond donors (Lipinski definition) is 1. The third-order valence-electron chi connectivity index (χ3n) is 2.38. The third-order valence-corrected chi connectivity index (χ3v) is 4.44. The fraction of sp³-hybridized carbons (Fsp3) is 0.385. The molecule has 1 unspecified atom stereocenters. The molecule has 0 spiro atoms. The molecular weight excluding hydrogens is 256 g/mol. The highest BCUT2D eigenvalue weighted by molar-refractivity contribution is 7.89. The fourth-order valence-corrected chi connectivity index (χ4v) is 3.03. The van der Waals surface area contributed by atoms with Crippen molar-refractivity contribution >= 4 is 22.4 Å². The lowest BCUT2D eigenvalue weighted by Gasteiger charge is -2.09. The zero-order valence-electron chi connectivity index (χ0n) is 9.86.